The number of fused-ring (bicyclic) bond motifs is 1. The van der Waals surface area contributed by atoms with E-state index in [0.717, 1.165) is 10.1 Å². The van der Waals surface area contributed by atoms with Gasteiger partial charge in [0, 0.05) is 16.4 Å². The molecule has 1 heterocycles. The average Bonchev–Trinajstić information content (AvgIpc) is 2.71. The van der Waals surface area contributed by atoms with E-state index in [0.29, 0.717) is 10.6 Å². The fourth-order valence-electron chi connectivity index (χ4n) is 2.15. The zero-order valence-electron chi connectivity index (χ0n) is 11.0. The first-order chi connectivity index (χ1) is 9.36. The van der Waals surface area contributed by atoms with Gasteiger partial charge in [-0.1, -0.05) is 11.6 Å². The lowest BCUT2D eigenvalue weighted by molar-refractivity contribution is -0.136. The molecule has 0 fully saturated rings. The Morgan fingerprint density at radius 2 is 2.25 bits per heavy atom. The maximum atomic E-state index is 12.6. The fraction of sp³-hybridized carbons (Fsp3) is 0.308. The summed E-state index contributed by atoms with van der Waals surface area (Å²) in [6.07, 6.45) is 0. The van der Waals surface area contributed by atoms with E-state index in [9.17, 15) is 14.5 Å². The van der Waals surface area contributed by atoms with E-state index < -0.39 is 19.0 Å². The van der Waals surface area contributed by atoms with E-state index in [-0.39, 0.29) is 6.61 Å². The Labute approximate surface area is 125 Å². The molecule has 4 nitrogen and oxygen atoms in total. The van der Waals surface area contributed by atoms with E-state index in [2.05, 4.69) is 0 Å². The predicted molar refractivity (Wildman–Crippen MR) is 82.4 cm³/mol. The number of carboxylic acid groups (broad SMARTS) is 1. The summed E-state index contributed by atoms with van der Waals surface area (Å²) >= 11 is 7.37. The monoisotopic (exact) mass is 332 g/mol. The van der Waals surface area contributed by atoms with Crippen molar-refractivity contribution in [2.75, 3.05) is 13.3 Å². The lowest BCUT2D eigenvalue weighted by Crippen LogP contribution is -2.13. The molecule has 1 aromatic heterocycles. The van der Waals surface area contributed by atoms with Crippen LogP contribution in [0.4, 0.5) is 0 Å². The number of hydrogen-bond acceptors (Lipinski definition) is 4. The Bertz CT molecular complexity index is 697. The first-order valence-electron chi connectivity index (χ1n) is 5.98. The Hall–Kier alpha value is -0.870. The molecule has 2 rings (SSSR count). The van der Waals surface area contributed by atoms with Crippen molar-refractivity contribution in [3.8, 4) is 0 Å². The minimum absolute atomic E-state index is 0.209. The van der Waals surface area contributed by atoms with Crippen LogP contribution in [0.15, 0.2) is 23.6 Å². The summed E-state index contributed by atoms with van der Waals surface area (Å²) in [5.74, 6) is -1.15. The molecule has 1 aromatic carbocycles. The number of hydrogen-bond donors (Lipinski definition) is 1. The van der Waals surface area contributed by atoms with Crippen molar-refractivity contribution in [1.82, 2.24) is 0 Å². The molecule has 0 amide bonds. The summed E-state index contributed by atoms with van der Waals surface area (Å²) in [4.78, 5) is 11.6. The van der Waals surface area contributed by atoms with Crippen molar-refractivity contribution in [2.24, 2.45) is 0 Å². The molecule has 20 heavy (non-hydrogen) atoms. The molecule has 0 unspecified atom stereocenters. The van der Waals surface area contributed by atoms with Crippen LogP contribution in [-0.4, -0.2) is 24.3 Å². The van der Waals surface area contributed by atoms with Crippen LogP contribution in [0, 0.1) is 0 Å². The third kappa shape index (κ3) is 2.91. The quantitative estimate of drug-likeness (QED) is 0.811. The van der Waals surface area contributed by atoms with Gasteiger partial charge in [-0.05, 0) is 41.5 Å². The largest absolute Gasteiger partial charge is 0.480 e. The molecular formula is C13H14ClO4PS. The molecule has 0 saturated heterocycles. The van der Waals surface area contributed by atoms with Gasteiger partial charge in [-0.2, -0.15) is 0 Å². The Morgan fingerprint density at radius 3 is 2.85 bits per heavy atom. The second-order valence-corrected chi connectivity index (χ2v) is 8.34. The normalized spacial score (nSPS) is 15.9. The maximum Gasteiger partial charge on any atom is 0.320 e. The topological polar surface area (TPSA) is 63.6 Å². The fourth-order valence-corrected chi connectivity index (χ4v) is 5.17. The maximum absolute atomic E-state index is 12.6. The molecule has 2 aromatic rings. The summed E-state index contributed by atoms with van der Waals surface area (Å²) in [7, 11) is -3.30. The highest BCUT2D eigenvalue weighted by molar-refractivity contribution is 7.59. The van der Waals surface area contributed by atoms with Crippen LogP contribution in [0.25, 0.3) is 10.1 Å². The number of rotatable bonds is 5. The van der Waals surface area contributed by atoms with E-state index in [1.54, 1.807) is 24.4 Å². The molecule has 0 aliphatic rings. The second-order valence-electron chi connectivity index (χ2n) is 4.40. The van der Waals surface area contributed by atoms with E-state index in [4.69, 9.17) is 16.1 Å². The molecule has 0 aliphatic heterocycles. The van der Waals surface area contributed by atoms with E-state index in [1.165, 1.54) is 18.0 Å². The van der Waals surface area contributed by atoms with Crippen molar-refractivity contribution < 1.29 is 19.0 Å². The van der Waals surface area contributed by atoms with Crippen molar-refractivity contribution in [3.05, 3.63) is 34.2 Å². The Morgan fingerprint density at radius 1 is 1.55 bits per heavy atom. The number of thiophene rings is 1. The lowest BCUT2D eigenvalue weighted by atomic mass is 10.1. The zero-order chi connectivity index (χ0) is 14.9. The zero-order valence-corrected chi connectivity index (χ0v) is 13.5. The molecule has 7 heteroatoms. The number of benzene rings is 1. The van der Waals surface area contributed by atoms with Crippen LogP contribution >= 0.6 is 30.3 Å². The summed E-state index contributed by atoms with van der Waals surface area (Å²) in [6, 6.07) is 5.27. The molecule has 2 atom stereocenters. The van der Waals surface area contributed by atoms with Gasteiger partial charge in [-0.15, -0.1) is 11.3 Å². The van der Waals surface area contributed by atoms with Gasteiger partial charge in [-0.3, -0.25) is 9.36 Å². The molecular weight excluding hydrogens is 319 g/mol. The van der Waals surface area contributed by atoms with Gasteiger partial charge in [0.05, 0.1) is 6.61 Å². The first-order valence-corrected chi connectivity index (χ1v) is 9.38. The molecule has 0 saturated carbocycles. The summed E-state index contributed by atoms with van der Waals surface area (Å²) in [5, 5.41) is 12.4. The lowest BCUT2D eigenvalue weighted by Gasteiger charge is -2.20. The van der Waals surface area contributed by atoms with E-state index >= 15 is 0 Å². The van der Waals surface area contributed by atoms with Gasteiger partial charge in [-0.25, -0.2) is 0 Å². The highest BCUT2D eigenvalue weighted by atomic mass is 35.5. The minimum Gasteiger partial charge on any atom is -0.480 e. The summed E-state index contributed by atoms with van der Waals surface area (Å²) in [6.45, 7) is 3.27. The van der Waals surface area contributed by atoms with Crippen LogP contribution < -0.4 is 0 Å². The van der Waals surface area contributed by atoms with Gasteiger partial charge >= 0.3 is 5.97 Å². The van der Waals surface area contributed by atoms with Crippen LogP contribution in [0.2, 0.25) is 5.02 Å². The summed E-state index contributed by atoms with van der Waals surface area (Å²) < 4.78 is 18.7. The highest BCUT2D eigenvalue weighted by Crippen LogP contribution is 2.58. The van der Waals surface area contributed by atoms with Crippen LogP contribution in [0.5, 0.6) is 0 Å². The standard InChI is InChI=1S/C13H14ClO4PS/c1-3-18-19(2,17)12(13(15)16)10-7-20-11-5-4-8(14)6-9(10)11/h4-7,12H,3H2,1-2H3,(H,15,16)/t12-,19-/m1/s1. The first kappa shape index (κ1) is 15.5. The number of carbonyl (C=O) groups is 1. The number of aliphatic carboxylic acids is 1. The van der Waals surface area contributed by atoms with Crippen molar-refractivity contribution in [1.29, 1.82) is 0 Å². The Balaban J connectivity index is 2.61. The van der Waals surface area contributed by atoms with Gasteiger partial charge in [0.1, 0.15) is 0 Å². The third-order valence-corrected chi connectivity index (χ3v) is 6.37. The smallest absolute Gasteiger partial charge is 0.320 e. The number of carboxylic acids is 1. The van der Waals surface area contributed by atoms with Crippen molar-refractivity contribution in [3.63, 3.8) is 0 Å². The Kier molecular flexibility index (Phi) is 4.55. The highest BCUT2D eigenvalue weighted by Gasteiger charge is 2.38. The van der Waals surface area contributed by atoms with Crippen LogP contribution in [-0.2, 0) is 13.9 Å². The minimum atomic E-state index is -3.30. The molecule has 0 spiro atoms. The van der Waals surface area contributed by atoms with Crippen molar-refractivity contribution in [2.45, 2.75) is 12.6 Å². The average molecular weight is 333 g/mol. The van der Waals surface area contributed by atoms with Crippen LogP contribution in [0.3, 0.4) is 0 Å². The van der Waals surface area contributed by atoms with Crippen LogP contribution in [0.1, 0.15) is 18.1 Å². The number of halogens is 1. The molecule has 108 valence electrons. The van der Waals surface area contributed by atoms with Gasteiger partial charge in [0.15, 0.2) is 5.66 Å². The summed E-state index contributed by atoms with van der Waals surface area (Å²) in [5.41, 5.74) is -0.672. The predicted octanol–water partition coefficient (Wildman–Crippen LogP) is 4.62. The second kappa shape index (κ2) is 5.86. The van der Waals surface area contributed by atoms with Gasteiger partial charge in [0.25, 0.3) is 0 Å². The van der Waals surface area contributed by atoms with Crippen molar-refractivity contribution >= 4 is 46.4 Å². The SMILES string of the molecule is CCO[P@@](C)(=O)[C@@H](C(=O)O)c1csc2ccc(Cl)cc12. The molecule has 0 bridgehead atoms. The van der Waals surface area contributed by atoms with Gasteiger partial charge in [0.2, 0.25) is 7.37 Å². The third-order valence-electron chi connectivity index (χ3n) is 2.95. The molecule has 1 N–H and O–H groups in total. The molecule has 0 radical (unpaired) electrons. The molecule has 0 aliphatic carbocycles. The van der Waals surface area contributed by atoms with E-state index in [1.807, 2.05) is 6.07 Å². The van der Waals surface area contributed by atoms with Gasteiger partial charge < -0.3 is 9.63 Å².